The van der Waals surface area contributed by atoms with Crippen LogP contribution in [0.15, 0.2) is 106 Å². The second-order valence-corrected chi connectivity index (χ2v) is 8.38. The van der Waals surface area contributed by atoms with Crippen LogP contribution in [0.5, 0.6) is 0 Å². The SMILES string of the molecule is CC(C)=CCC/C(C)=C/C=C/C(C)=C/C=C/C=C(C)/C=C/C=C(\C)CC/C=C(\C)C=O. The summed E-state index contributed by atoms with van der Waals surface area (Å²) in [6.07, 6.45) is 30.5. The van der Waals surface area contributed by atoms with Gasteiger partial charge >= 0.3 is 0 Å². The van der Waals surface area contributed by atoms with Crippen molar-refractivity contribution in [1.82, 2.24) is 0 Å². The Morgan fingerprint density at radius 2 is 1.00 bits per heavy atom. The number of carbonyl (C=O) groups is 1. The van der Waals surface area contributed by atoms with Gasteiger partial charge in [-0.15, -0.1) is 0 Å². The molecule has 0 saturated heterocycles. The summed E-state index contributed by atoms with van der Waals surface area (Å²) in [6, 6.07) is 0. The van der Waals surface area contributed by atoms with Crippen LogP contribution < -0.4 is 0 Å². The summed E-state index contributed by atoms with van der Waals surface area (Å²) in [7, 11) is 0. The number of carbonyl (C=O) groups excluding carboxylic acids is 1. The molecule has 0 atom stereocenters. The first kappa shape index (κ1) is 28.3. The summed E-state index contributed by atoms with van der Waals surface area (Å²) < 4.78 is 0. The van der Waals surface area contributed by atoms with Gasteiger partial charge in [0.1, 0.15) is 6.29 Å². The predicted octanol–water partition coefficient (Wildman–Crippen LogP) is 9.11. The van der Waals surface area contributed by atoms with Crippen molar-refractivity contribution in [1.29, 1.82) is 0 Å². The molecule has 0 aromatic rings. The summed E-state index contributed by atoms with van der Waals surface area (Å²) in [5.74, 6) is 0. The lowest BCUT2D eigenvalue weighted by Gasteiger charge is -1.96. The van der Waals surface area contributed by atoms with Gasteiger partial charge in [0.05, 0.1) is 0 Å². The molecule has 0 radical (unpaired) electrons. The van der Waals surface area contributed by atoms with Crippen LogP contribution in [0.3, 0.4) is 0 Å². The summed E-state index contributed by atoms with van der Waals surface area (Å²) in [5, 5.41) is 0. The van der Waals surface area contributed by atoms with Gasteiger partial charge in [0.2, 0.25) is 0 Å². The van der Waals surface area contributed by atoms with Crippen LogP contribution in [0.2, 0.25) is 0 Å². The van der Waals surface area contributed by atoms with Crippen LogP contribution in [0.25, 0.3) is 0 Å². The molecule has 0 spiro atoms. The van der Waals surface area contributed by atoms with Crippen molar-refractivity contribution in [2.24, 2.45) is 0 Å². The monoisotopic (exact) mass is 418 g/mol. The Balaban J connectivity index is 4.52. The van der Waals surface area contributed by atoms with E-state index in [9.17, 15) is 4.79 Å². The van der Waals surface area contributed by atoms with Crippen LogP contribution in [0.1, 0.15) is 74.1 Å². The van der Waals surface area contributed by atoms with Crippen molar-refractivity contribution in [2.45, 2.75) is 74.1 Å². The van der Waals surface area contributed by atoms with E-state index in [2.05, 4.69) is 108 Å². The molecule has 0 aromatic carbocycles. The number of hydrogen-bond acceptors (Lipinski definition) is 1. The molecule has 0 aromatic heterocycles. The second-order valence-electron chi connectivity index (χ2n) is 8.38. The molecule has 0 bridgehead atoms. The van der Waals surface area contributed by atoms with E-state index in [4.69, 9.17) is 0 Å². The first-order valence-corrected chi connectivity index (χ1v) is 11.2. The minimum absolute atomic E-state index is 0.801. The largest absolute Gasteiger partial charge is 0.298 e. The molecule has 0 amide bonds. The van der Waals surface area contributed by atoms with Crippen molar-refractivity contribution in [3.05, 3.63) is 106 Å². The van der Waals surface area contributed by atoms with Gasteiger partial charge in [-0.2, -0.15) is 0 Å². The van der Waals surface area contributed by atoms with Gasteiger partial charge in [0.25, 0.3) is 0 Å². The Hall–Kier alpha value is -2.67. The second kappa shape index (κ2) is 18.1. The number of rotatable bonds is 13. The van der Waals surface area contributed by atoms with Crippen molar-refractivity contribution in [3.63, 3.8) is 0 Å². The molecule has 1 heteroatoms. The highest BCUT2D eigenvalue weighted by Crippen LogP contribution is 2.08. The Morgan fingerprint density at radius 3 is 1.42 bits per heavy atom. The summed E-state index contributed by atoms with van der Waals surface area (Å²) >= 11 is 0. The maximum atomic E-state index is 10.6. The zero-order valence-corrected chi connectivity index (χ0v) is 20.7. The van der Waals surface area contributed by atoms with Gasteiger partial charge < -0.3 is 0 Å². The van der Waals surface area contributed by atoms with Gasteiger partial charge in [-0.1, -0.05) is 101 Å². The Labute approximate surface area is 191 Å². The molecule has 0 aliphatic rings. The quantitative estimate of drug-likeness (QED) is 0.126. The maximum absolute atomic E-state index is 10.6. The molecule has 168 valence electrons. The fourth-order valence-electron chi connectivity index (χ4n) is 2.58. The third-order valence-electron chi connectivity index (χ3n) is 4.59. The number of allylic oxidation sites excluding steroid dienone is 18. The van der Waals surface area contributed by atoms with Crippen LogP contribution in [-0.2, 0) is 4.79 Å². The molecule has 0 fully saturated rings. The van der Waals surface area contributed by atoms with Crippen LogP contribution in [0.4, 0.5) is 0 Å². The standard InChI is InChI=1S/C30H42O/c1-25(2)14-10-17-28(5)20-11-18-26(3)15-8-9-16-27(4)19-12-21-29(6)22-13-23-30(7)24-31/h8-9,11-12,14-16,18-21,23-24H,10,13,17,22H2,1-7H3/b9-8+,18-11+,19-12+,26-15+,27-16+,28-20+,29-21+,30-23+. The molecule has 31 heavy (non-hydrogen) atoms. The third-order valence-corrected chi connectivity index (χ3v) is 4.59. The topological polar surface area (TPSA) is 17.1 Å². The minimum atomic E-state index is 0.801. The highest BCUT2D eigenvalue weighted by molar-refractivity contribution is 5.71. The van der Waals surface area contributed by atoms with E-state index in [-0.39, 0.29) is 0 Å². The highest BCUT2D eigenvalue weighted by atomic mass is 16.1. The highest BCUT2D eigenvalue weighted by Gasteiger charge is 1.89. The molecule has 0 aliphatic carbocycles. The molecular weight excluding hydrogens is 376 g/mol. The van der Waals surface area contributed by atoms with E-state index in [0.29, 0.717) is 0 Å². The fraction of sp³-hybridized carbons (Fsp3) is 0.367. The Kier molecular flexibility index (Phi) is 16.6. The zero-order chi connectivity index (χ0) is 23.5. The van der Waals surface area contributed by atoms with Crippen LogP contribution >= 0.6 is 0 Å². The smallest absolute Gasteiger partial charge is 0.145 e. The molecule has 0 heterocycles. The van der Waals surface area contributed by atoms with Crippen molar-refractivity contribution in [2.75, 3.05) is 0 Å². The van der Waals surface area contributed by atoms with E-state index < -0.39 is 0 Å². The average molecular weight is 419 g/mol. The minimum Gasteiger partial charge on any atom is -0.298 e. The molecule has 0 aliphatic heterocycles. The fourth-order valence-corrected chi connectivity index (χ4v) is 2.58. The van der Waals surface area contributed by atoms with E-state index >= 15 is 0 Å². The van der Waals surface area contributed by atoms with Crippen LogP contribution in [0, 0.1) is 0 Å². The van der Waals surface area contributed by atoms with E-state index in [1.165, 1.54) is 27.9 Å². The number of hydrogen-bond donors (Lipinski definition) is 0. The Morgan fingerprint density at radius 1 is 0.548 bits per heavy atom. The molecule has 0 saturated carbocycles. The molecule has 0 N–H and O–H groups in total. The first-order chi connectivity index (χ1) is 14.7. The van der Waals surface area contributed by atoms with Gasteiger partial charge in [-0.3, -0.25) is 4.79 Å². The lowest BCUT2D eigenvalue weighted by atomic mass is 10.1. The first-order valence-electron chi connectivity index (χ1n) is 11.2. The lowest BCUT2D eigenvalue weighted by molar-refractivity contribution is -0.104. The molecule has 0 unspecified atom stereocenters. The average Bonchev–Trinajstić information content (AvgIpc) is 2.70. The van der Waals surface area contributed by atoms with E-state index in [1.807, 2.05) is 13.0 Å². The van der Waals surface area contributed by atoms with Gasteiger partial charge in [-0.25, -0.2) is 0 Å². The zero-order valence-electron chi connectivity index (χ0n) is 20.7. The summed E-state index contributed by atoms with van der Waals surface area (Å²) in [5.41, 5.74) is 7.32. The summed E-state index contributed by atoms with van der Waals surface area (Å²) in [6.45, 7) is 14.6. The maximum Gasteiger partial charge on any atom is 0.145 e. The van der Waals surface area contributed by atoms with Crippen molar-refractivity contribution in [3.8, 4) is 0 Å². The van der Waals surface area contributed by atoms with Gasteiger partial charge in [-0.05, 0) is 79.7 Å². The van der Waals surface area contributed by atoms with Gasteiger partial charge in [0, 0.05) is 0 Å². The molecular formula is C30H42O. The summed E-state index contributed by atoms with van der Waals surface area (Å²) in [4.78, 5) is 10.6. The van der Waals surface area contributed by atoms with Crippen LogP contribution in [-0.4, -0.2) is 6.29 Å². The number of aldehydes is 1. The van der Waals surface area contributed by atoms with Gasteiger partial charge in [0.15, 0.2) is 0 Å². The van der Waals surface area contributed by atoms with Crippen molar-refractivity contribution < 1.29 is 4.79 Å². The Bertz CT molecular complexity index is 810. The van der Waals surface area contributed by atoms with E-state index in [1.54, 1.807) is 0 Å². The third kappa shape index (κ3) is 19.1. The normalized spacial score (nSPS) is 14.9. The molecule has 0 rings (SSSR count). The van der Waals surface area contributed by atoms with E-state index in [0.717, 1.165) is 37.5 Å². The predicted molar refractivity (Wildman–Crippen MR) is 140 cm³/mol. The lowest BCUT2D eigenvalue weighted by Crippen LogP contribution is -1.79. The molecule has 1 nitrogen and oxygen atoms in total. The van der Waals surface area contributed by atoms with Crippen molar-refractivity contribution >= 4 is 6.29 Å².